The molecule has 2 N–H and O–H groups in total. The molecule has 1 aliphatic carbocycles. The van der Waals surface area contributed by atoms with Crippen LogP contribution in [0.4, 0.5) is 0 Å². The minimum absolute atomic E-state index is 0. The van der Waals surface area contributed by atoms with Gasteiger partial charge in [-0.1, -0.05) is 30.2 Å². The summed E-state index contributed by atoms with van der Waals surface area (Å²) in [6, 6.07) is 6.96. The molecule has 144 valence electrons. The molecule has 1 aliphatic heterocycles. The van der Waals surface area contributed by atoms with E-state index in [1.54, 1.807) is 12.1 Å². The van der Waals surface area contributed by atoms with Gasteiger partial charge in [0.15, 0.2) is 0 Å². The number of rotatable bonds is 5. The van der Waals surface area contributed by atoms with Crippen LogP contribution in [0.2, 0.25) is 5.02 Å². The summed E-state index contributed by atoms with van der Waals surface area (Å²) >= 11 is 5.90. The molecular formula is C19H26Cl2N2O3. The molecule has 2 unspecified atom stereocenters. The number of hydrogen-bond acceptors (Lipinski definition) is 3. The second kappa shape index (κ2) is 8.15. The number of nitrogens with one attached hydrogen (secondary N) is 1. The molecule has 1 saturated heterocycles. The van der Waals surface area contributed by atoms with E-state index >= 15 is 0 Å². The van der Waals surface area contributed by atoms with Crippen LogP contribution in [-0.2, 0) is 9.59 Å². The van der Waals surface area contributed by atoms with Gasteiger partial charge in [-0.15, -0.1) is 12.4 Å². The largest absolute Gasteiger partial charge is 0.481 e. The molecule has 2 fully saturated rings. The molecule has 1 heterocycles. The monoisotopic (exact) mass is 400 g/mol. The van der Waals surface area contributed by atoms with Crippen molar-refractivity contribution in [2.24, 2.45) is 11.3 Å². The molecule has 5 nitrogen and oxygen atoms in total. The number of hydrogen-bond donors (Lipinski definition) is 2. The highest BCUT2D eigenvalue weighted by molar-refractivity contribution is 6.30. The predicted octanol–water partition coefficient (Wildman–Crippen LogP) is 3.51. The molecule has 1 amide bonds. The lowest BCUT2D eigenvalue weighted by molar-refractivity contribution is -0.149. The molecular weight excluding hydrogens is 375 g/mol. The Morgan fingerprint density at radius 2 is 1.96 bits per heavy atom. The molecule has 0 radical (unpaired) electrons. The average molecular weight is 401 g/mol. The summed E-state index contributed by atoms with van der Waals surface area (Å²) in [4.78, 5) is 26.5. The SMILES string of the molecule is CC(NC(=O)C(C)N1C[C@@H]2CCC[C@@]2(C(=O)O)C1)c1ccc(Cl)cc1.Cl. The number of amides is 1. The smallest absolute Gasteiger partial charge is 0.311 e. The van der Waals surface area contributed by atoms with Crippen molar-refractivity contribution in [2.45, 2.75) is 45.2 Å². The van der Waals surface area contributed by atoms with Crippen molar-refractivity contribution >= 4 is 35.9 Å². The molecule has 2 aliphatic rings. The standard InChI is InChI=1S/C19H25ClN2O3.ClH/c1-12(14-5-7-16(20)8-6-14)21-17(23)13(2)22-10-15-4-3-9-19(15,11-22)18(24)25;/h5-8,12-13,15H,3-4,9-11H2,1-2H3,(H,21,23)(H,24,25);1H/t12?,13?,15-,19+;/m0./s1. The van der Waals surface area contributed by atoms with Crippen LogP contribution in [0.25, 0.3) is 0 Å². The van der Waals surface area contributed by atoms with Gasteiger partial charge in [0.1, 0.15) is 0 Å². The highest BCUT2D eigenvalue weighted by atomic mass is 35.5. The van der Waals surface area contributed by atoms with Crippen LogP contribution in [0, 0.1) is 11.3 Å². The van der Waals surface area contributed by atoms with Gasteiger partial charge in [0.05, 0.1) is 17.5 Å². The minimum Gasteiger partial charge on any atom is -0.481 e. The summed E-state index contributed by atoms with van der Waals surface area (Å²) in [7, 11) is 0. The van der Waals surface area contributed by atoms with Crippen LogP contribution in [0.15, 0.2) is 24.3 Å². The number of nitrogens with zero attached hydrogens (tertiary/aromatic N) is 1. The molecule has 0 spiro atoms. The van der Waals surface area contributed by atoms with E-state index < -0.39 is 11.4 Å². The highest BCUT2D eigenvalue weighted by Crippen LogP contribution is 2.49. The van der Waals surface area contributed by atoms with Crippen LogP contribution < -0.4 is 5.32 Å². The molecule has 1 aromatic rings. The Hall–Kier alpha value is -1.30. The van der Waals surface area contributed by atoms with Crippen LogP contribution in [-0.4, -0.2) is 41.0 Å². The molecule has 4 atom stereocenters. The van der Waals surface area contributed by atoms with Crippen LogP contribution in [0.5, 0.6) is 0 Å². The lowest BCUT2D eigenvalue weighted by Gasteiger charge is -2.27. The third-order valence-corrected chi connectivity index (χ3v) is 6.23. The van der Waals surface area contributed by atoms with Gasteiger partial charge in [-0.05, 0) is 50.3 Å². The van der Waals surface area contributed by atoms with Crippen LogP contribution >= 0.6 is 24.0 Å². The molecule has 3 rings (SSSR count). The van der Waals surface area contributed by atoms with Crippen molar-refractivity contribution in [3.8, 4) is 0 Å². The van der Waals surface area contributed by atoms with Gasteiger partial charge in [-0.3, -0.25) is 14.5 Å². The van der Waals surface area contributed by atoms with Gasteiger partial charge >= 0.3 is 5.97 Å². The first-order chi connectivity index (χ1) is 11.8. The number of carbonyl (C=O) groups is 2. The summed E-state index contributed by atoms with van der Waals surface area (Å²) in [5.74, 6) is -0.614. The van der Waals surface area contributed by atoms with E-state index in [0.717, 1.165) is 24.8 Å². The number of carbonyl (C=O) groups excluding carboxylic acids is 1. The summed E-state index contributed by atoms with van der Waals surface area (Å²) in [6.45, 7) is 4.96. The van der Waals surface area contributed by atoms with Gasteiger partial charge in [0, 0.05) is 18.1 Å². The van der Waals surface area contributed by atoms with Crippen molar-refractivity contribution in [3.05, 3.63) is 34.9 Å². The summed E-state index contributed by atoms with van der Waals surface area (Å²) in [5.41, 5.74) is 0.335. The first kappa shape index (κ1) is 21.0. The van der Waals surface area contributed by atoms with E-state index in [1.807, 2.05) is 30.9 Å². The van der Waals surface area contributed by atoms with E-state index in [9.17, 15) is 14.7 Å². The first-order valence-corrected chi connectivity index (χ1v) is 9.24. The number of fused-ring (bicyclic) bond motifs is 1. The number of likely N-dealkylation sites (tertiary alicyclic amines) is 1. The van der Waals surface area contributed by atoms with Gasteiger partial charge in [-0.25, -0.2) is 0 Å². The quantitative estimate of drug-likeness (QED) is 0.792. The summed E-state index contributed by atoms with van der Waals surface area (Å²) in [5, 5.41) is 13.4. The topological polar surface area (TPSA) is 69.6 Å². The van der Waals surface area contributed by atoms with Crippen molar-refractivity contribution < 1.29 is 14.7 Å². The Kier molecular flexibility index (Phi) is 6.59. The normalized spacial score (nSPS) is 27.3. The first-order valence-electron chi connectivity index (χ1n) is 8.87. The molecule has 7 heteroatoms. The lowest BCUT2D eigenvalue weighted by Crippen LogP contribution is -2.46. The van der Waals surface area contributed by atoms with Crippen LogP contribution in [0.3, 0.4) is 0 Å². The van der Waals surface area contributed by atoms with Gasteiger partial charge < -0.3 is 10.4 Å². The maximum absolute atomic E-state index is 12.6. The number of carboxylic acid groups (broad SMARTS) is 1. The molecule has 1 aromatic carbocycles. The number of aliphatic carboxylic acids is 1. The second-order valence-electron chi connectivity index (χ2n) is 7.44. The fraction of sp³-hybridized carbons (Fsp3) is 0.579. The zero-order valence-corrected chi connectivity index (χ0v) is 16.6. The third-order valence-electron chi connectivity index (χ3n) is 5.98. The molecule has 26 heavy (non-hydrogen) atoms. The Balaban J connectivity index is 0.00000243. The zero-order valence-electron chi connectivity index (χ0n) is 15.1. The molecule has 0 bridgehead atoms. The van der Waals surface area contributed by atoms with Crippen molar-refractivity contribution in [3.63, 3.8) is 0 Å². The van der Waals surface area contributed by atoms with Crippen molar-refractivity contribution in [1.29, 1.82) is 0 Å². The van der Waals surface area contributed by atoms with E-state index in [1.165, 1.54) is 0 Å². The minimum atomic E-state index is -0.709. The van der Waals surface area contributed by atoms with Gasteiger partial charge in [0.25, 0.3) is 0 Å². The van der Waals surface area contributed by atoms with Gasteiger partial charge in [-0.2, -0.15) is 0 Å². The van der Waals surface area contributed by atoms with E-state index in [-0.39, 0.29) is 36.3 Å². The Bertz CT molecular complexity index is 667. The van der Waals surface area contributed by atoms with Gasteiger partial charge in [0.2, 0.25) is 5.91 Å². The summed E-state index contributed by atoms with van der Waals surface area (Å²) in [6.07, 6.45) is 2.64. The Morgan fingerprint density at radius 1 is 1.31 bits per heavy atom. The van der Waals surface area contributed by atoms with Crippen molar-refractivity contribution in [1.82, 2.24) is 10.2 Å². The summed E-state index contributed by atoms with van der Waals surface area (Å²) < 4.78 is 0. The van der Waals surface area contributed by atoms with Crippen molar-refractivity contribution in [2.75, 3.05) is 13.1 Å². The maximum Gasteiger partial charge on any atom is 0.311 e. The maximum atomic E-state index is 12.6. The number of halogens is 2. The number of benzene rings is 1. The molecule has 0 aromatic heterocycles. The second-order valence-corrected chi connectivity index (χ2v) is 7.87. The fourth-order valence-corrected chi connectivity index (χ4v) is 4.43. The Labute approximate surface area is 165 Å². The van der Waals surface area contributed by atoms with Crippen LogP contribution in [0.1, 0.15) is 44.7 Å². The van der Waals surface area contributed by atoms with E-state index in [0.29, 0.717) is 18.1 Å². The zero-order chi connectivity index (χ0) is 18.2. The lowest BCUT2D eigenvalue weighted by atomic mass is 9.81. The predicted molar refractivity (Wildman–Crippen MR) is 104 cm³/mol. The Morgan fingerprint density at radius 3 is 2.54 bits per heavy atom. The van der Waals surface area contributed by atoms with E-state index in [2.05, 4.69) is 5.32 Å². The molecule has 1 saturated carbocycles. The number of carboxylic acids is 1. The van der Waals surface area contributed by atoms with E-state index in [4.69, 9.17) is 11.6 Å². The fourth-order valence-electron chi connectivity index (χ4n) is 4.31. The third kappa shape index (κ3) is 3.85. The highest BCUT2D eigenvalue weighted by Gasteiger charge is 2.55. The average Bonchev–Trinajstić information content (AvgIpc) is 3.12.